The Morgan fingerprint density at radius 1 is 0.879 bits per heavy atom. The Balaban J connectivity index is 1.28. The summed E-state index contributed by atoms with van der Waals surface area (Å²) in [7, 11) is 0. The summed E-state index contributed by atoms with van der Waals surface area (Å²) < 4.78 is 48.7. The number of halogens is 4. The number of benzene rings is 2. The molecule has 0 radical (unpaired) electrons. The van der Waals surface area contributed by atoms with Gasteiger partial charge in [-0.05, 0) is 54.6 Å². The zero-order chi connectivity index (χ0) is 23.4. The van der Waals surface area contributed by atoms with Crippen molar-refractivity contribution < 1.29 is 27.4 Å². The summed E-state index contributed by atoms with van der Waals surface area (Å²) >= 11 is 5.93. The molecule has 0 bridgehead atoms. The smallest absolute Gasteiger partial charge is 0.417 e. The van der Waals surface area contributed by atoms with Gasteiger partial charge in [-0.15, -0.1) is 0 Å². The minimum atomic E-state index is -4.46. The molecular formula is C23H19ClF3N3O3. The van der Waals surface area contributed by atoms with Crippen LogP contribution in [0.1, 0.15) is 5.56 Å². The van der Waals surface area contributed by atoms with Gasteiger partial charge in [-0.2, -0.15) is 13.2 Å². The molecule has 0 spiro atoms. The molecule has 6 nitrogen and oxygen atoms in total. The van der Waals surface area contributed by atoms with Gasteiger partial charge in [0.1, 0.15) is 11.5 Å². The molecule has 2 heterocycles. The maximum Gasteiger partial charge on any atom is 0.417 e. The molecule has 1 fully saturated rings. The van der Waals surface area contributed by atoms with Gasteiger partial charge in [0.25, 0.3) is 0 Å². The minimum Gasteiger partial charge on any atom is -0.439 e. The second-order valence-electron chi connectivity index (χ2n) is 7.27. The third-order valence-corrected chi connectivity index (χ3v) is 5.30. The van der Waals surface area contributed by atoms with Gasteiger partial charge >= 0.3 is 12.3 Å². The average molecular weight is 478 g/mol. The van der Waals surface area contributed by atoms with Crippen LogP contribution in [0.2, 0.25) is 5.02 Å². The number of hydrogen-bond acceptors (Lipinski definition) is 5. The van der Waals surface area contributed by atoms with Gasteiger partial charge in [0, 0.05) is 49.2 Å². The topological polar surface area (TPSA) is 54.9 Å². The van der Waals surface area contributed by atoms with E-state index in [-0.39, 0.29) is 5.88 Å². The molecule has 0 unspecified atom stereocenters. The summed E-state index contributed by atoms with van der Waals surface area (Å²) in [6, 6.07) is 15.8. The van der Waals surface area contributed by atoms with E-state index in [4.69, 9.17) is 21.1 Å². The van der Waals surface area contributed by atoms with E-state index in [2.05, 4.69) is 9.88 Å². The molecule has 1 amide bonds. The van der Waals surface area contributed by atoms with Crippen LogP contribution in [-0.2, 0) is 6.18 Å². The molecule has 4 rings (SSSR count). The van der Waals surface area contributed by atoms with Crippen molar-refractivity contribution >= 4 is 23.4 Å². The zero-order valence-corrected chi connectivity index (χ0v) is 18.0. The number of pyridine rings is 1. The molecule has 0 aliphatic carbocycles. The molecule has 1 aromatic heterocycles. The third-order valence-electron chi connectivity index (χ3n) is 5.04. The van der Waals surface area contributed by atoms with Crippen LogP contribution in [0.3, 0.4) is 0 Å². The number of rotatable bonds is 4. The molecule has 0 saturated carbocycles. The molecule has 3 aromatic rings. The van der Waals surface area contributed by atoms with Crippen molar-refractivity contribution in [1.82, 2.24) is 9.88 Å². The highest BCUT2D eigenvalue weighted by atomic mass is 35.5. The van der Waals surface area contributed by atoms with E-state index in [1.54, 1.807) is 29.2 Å². The lowest BCUT2D eigenvalue weighted by Gasteiger charge is -2.35. The SMILES string of the molecule is O=C(Oc1ccc(Oc2ccc(C(F)(F)F)cn2)cc1)N1CCN(c2ccc(Cl)cc2)CC1. The lowest BCUT2D eigenvalue weighted by molar-refractivity contribution is -0.137. The maximum atomic E-state index is 12.6. The number of carbonyl (C=O) groups is 1. The van der Waals surface area contributed by atoms with Crippen LogP contribution >= 0.6 is 11.6 Å². The van der Waals surface area contributed by atoms with Crippen LogP contribution in [0.4, 0.5) is 23.7 Å². The van der Waals surface area contributed by atoms with Crippen LogP contribution < -0.4 is 14.4 Å². The number of amides is 1. The van der Waals surface area contributed by atoms with E-state index in [9.17, 15) is 18.0 Å². The molecule has 33 heavy (non-hydrogen) atoms. The molecule has 172 valence electrons. The van der Waals surface area contributed by atoms with Gasteiger partial charge in [0.2, 0.25) is 5.88 Å². The Hall–Kier alpha value is -3.46. The Morgan fingerprint density at radius 3 is 2.09 bits per heavy atom. The van der Waals surface area contributed by atoms with Crippen molar-refractivity contribution in [2.24, 2.45) is 0 Å². The highest BCUT2D eigenvalue weighted by Gasteiger charge is 2.30. The predicted octanol–water partition coefficient (Wildman–Crippen LogP) is 5.87. The lowest BCUT2D eigenvalue weighted by Crippen LogP contribution is -2.49. The zero-order valence-electron chi connectivity index (χ0n) is 17.3. The van der Waals surface area contributed by atoms with Crippen LogP contribution in [0.15, 0.2) is 66.9 Å². The van der Waals surface area contributed by atoms with E-state index in [0.717, 1.165) is 17.8 Å². The average Bonchev–Trinajstić information content (AvgIpc) is 2.81. The van der Waals surface area contributed by atoms with Gasteiger partial charge in [-0.25, -0.2) is 9.78 Å². The van der Waals surface area contributed by atoms with Gasteiger partial charge in [0.05, 0.1) is 5.56 Å². The van der Waals surface area contributed by atoms with E-state index in [0.29, 0.717) is 48.9 Å². The summed E-state index contributed by atoms with van der Waals surface area (Å²) in [5.74, 6) is 0.692. The molecule has 1 aliphatic heterocycles. The van der Waals surface area contributed by atoms with Gasteiger partial charge in [-0.3, -0.25) is 0 Å². The first-order valence-electron chi connectivity index (χ1n) is 10.1. The number of piperazine rings is 1. The van der Waals surface area contributed by atoms with E-state index >= 15 is 0 Å². The number of alkyl halides is 3. The van der Waals surface area contributed by atoms with Crippen molar-refractivity contribution in [3.63, 3.8) is 0 Å². The lowest BCUT2D eigenvalue weighted by atomic mass is 10.2. The first-order chi connectivity index (χ1) is 15.8. The van der Waals surface area contributed by atoms with E-state index in [1.807, 2.05) is 24.3 Å². The molecule has 1 saturated heterocycles. The van der Waals surface area contributed by atoms with E-state index < -0.39 is 17.8 Å². The molecule has 0 atom stereocenters. The number of ether oxygens (including phenoxy) is 2. The minimum absolute atomic E-state index is 0.0197. The number of hydrogen-bond donors (Lipinski definition) is 0. The van der Waals surface area contributed by atoms with Crippen molar-refractivity contribution in [3.05, 3.63) is 77.4 Å². The summed E-state index contributed by atoms with van der Waals surface area (Å²) in [5, 5.41) is 0.674. The Bertz CT molecular complexity index is 1080. The van der Waals surface area contributed by atoms with Gasteiger partial charge in [0.15, 0.2) is 0 Å². The summed E-state index contributed by atoms with van der Waals surface area (Å²) in [5.41, 5.74) is 0.191. The summed E-state index contributed by atoms with van der Waals surface area (Å²) in [6.45, 7) is 2.37. The fraction of sp³-hybridized carbons (Fsp3) is 0.217. The number of anilines is 1. The van der Waals surface area contributed by atoms with Crippen molar-refractivity contribution in [3.8, 4) is 17.4 Å². The largest absolute Gasteiger partial charge is 0.439 e. The molecule has 0 N–H and O–H groups in total. The quantitative estimate of drug-likeness (QED) is 0.470. The van der Waals surface area contributed by atoms with Crippen LogP contribution in [-0.4, -0.2) is 42.2 Å². The summed E-state index contributed by atoms with van der Waals surface area (Å²) in [6.07, 6.45) is -4.21. The van der Waals surface area contributed by atoms with Crippen molar-refractivity contribution in [2.75, 3.05) is 31.1 Å². The first kappa shape index (κ1) is 22.7. The highest BCUT2D eigenvalue weighted by Crippen LogP contribution is 2.30. The Morgan fingerprint density at radius 2 is 1.52 bits per heavy atom. The van der Waals surface area contributed by atoms with E-state index in [1.165, 1.54) is 0 Å². The second kappa shape index (κ2) is 9.58. The second-order valence-corrected chi connectivity index (χ2v) is 7.71. The van der Waals surface area contributed by atoms with Crippen LogP contribution in [0.5, 0.6) is 17.4 Å². The first-order valence-corrected chi connectivity index (χ1v) is 10.4. The molecule has 1 aliphatic rings. The van der Waals surface area contributed by atoms with Gasteiger partial charge < -0.3 is 19.3 Å². The molecular weight excluding hydrogens is 459 g/mol. The predicted molar refractivity (Wildman–Crippen MR) is 117 cm³/mol. The van der Waals surface area contributed by atoms with Crippen molar-refractivity contribution in [2.45, 2.75) is 6.18 Å². The highest BCUT2D eigenvalue weighted by molar-refractivity contribution is 6.30. The van der Waals surface area contributed by atoms with Crippen molar-refractivity contribution in [1.29, 1.82) is 0 Å². The Kier molecular flexibility index (Phi) is 6.60. The fourth-order valence-electron chi connectivity index (χ4n) is 3.27. The number of carbonyl (C=O) groups excluding carboxylic acids is 1. The summed E-state index contributed by atoms with van der Waals surface area (Å²) in [4.78, 5) is 19.9. The Labute approximate surface area is 193 Å². The number of nitrogens with zero attached hydrogens (tertiary/aromatic N) is 3. The van der Waals surface area contributed by atoms with Crippen LogP contribution in [0, 0.1) is 0 Å². The van der Waals surface area contributed by atoms with Gasteiger partial charge in [-0.1, -0.05) is 11.6 Å². The van der Waals surface area contributed by atoms with Crippen LogP contribution in [0.25, 0.3) is 0 Å². The monoisotopic (exact) mass is 477 g/mol. The maximum absolute atomic E-state index is 12.6. The standard InChI is InChI=1S/C23H19ClF3N3O3/c24-17-2-4-18(5-3-17)29-11-13-30(14-12-29)22(31)33-20-8-6-19(7-9-20)32-21-10-1-16(15-28-21)23(25,26)27/h1-10,15H,11-14H2. The molecule has 2 aromatic carbocycles. The molecule has 10 heteroatoms. The number of aromatic nitrogens is 1. The third kappa shape index (κ3) is 5.87. The fourth-order valence-corrected chi connectivity index (χ4v) is 3.40. The normalized spacial score (nSPS) is 14.2.